The van der Waals surface area contributed by atoms with Crippen LogP contribution in [0.1, 0.15) is 13.8 Å². The minimum absolute atomic E-state index is 0.172. The van der Waals surface area contributed by atoms with Crippen molar-refractivity contribution in [2.24, 2.45) is 5.92 Å². The van der Waals surface area contributed by atoms with Gasteiger partial charge in [-0.3, -0.25) is 0 Å². The molecular weight excluding hydrogens is 271 g/mol. The Bertz CT molecular complexity index is 408. The lowest BCUT2D eigenvalue weighted by atomic mass is 10.0. The molecule has 1 aromatic heterocycles. The van der Waals surface area contributed by atoms with E-state index in [-0.39, 0.29) is 11.6 Å². The van der Waals surface area contributed by atoms with Crippen molar-refractivity contribution in [2.45, 2.75) is 32.7 Å². The topological polar surface area (TPSA) is 34.1 Å². The van der Waals surface area contributed by atoms with Crippen LogP contribution in [0.5, 0.6) is 5.75 Å². The highest BCUT2D eigenvalue weighted by molar-refractivity contribution is 5.41. The molecule has 0 unspecified atom stereocenters. The van der Waals surface area contributed by atoms with Gasteiger partial charge in [-0.2, -0.15) is 22.0 Å². The maximum atomic E-state index is 12.7. The summed E-state index contributed by atoms with van der Waals surface area (Å²) in [4.78, 5) is 3.65. The fourth-order valence-corrected chi connectivity index (χ4v) is 1.45. The largest absolute Gasteiger partial charge is 0.435 e. The van der Waals surface area contributed by atoms with E-state index in [2.05, 4.69) is 15.0 Å². The molecule has 3 nitrogen and oxygen atoms in total. The first-order valence-corrected chi connectivity index (χ1v) is 5.44. The van der Waals surface area contributed by atoms with Crippen molar-refractivity contribution < 1.29 is 26.7 Å². The summed E-state index contributed by atoms with van der Waals surface area (Å²) in [6.45, 7) is -0.256. The van der Waals surface area contributed by atoms with Crippen molar-refractivity contribution in [3.05, 3.63) is 18.3 Å². The van der Waals surface area contributed by atoms with Crippen LogP contribution in [0.3, 0.4) is 0 Å². The van der Waals surface area contributed by atoms with Crippen LogP contribution in [-0.4, -0.2) is 23.8 Å². The molecule has 0 amide bonds. The summed E-state index contributed by atoms with van der Waals surface area (Å²) >= 11 is 0. The van der Waals surface area contributed by atoms with Crippen LogP contribution in [0.4, 0.5) is 27.8 Å². The van der Waals surface area contributed by atoms with Gasteiger partial charge in [-0.15, -0.1) is 0 Å². The molecule has 1 N–H and O–H groups in total. The average molecular weight is 284 g/mol. The predicted molar refractivity (Wildman–Crippen MR) is 59.2 cm³/mol. The van der Waals surface area contributed by atoms with E-state index >= 15 is 0 Å². The fraction of sp³-hybridized carbons (Fsp3) is 0.545. The summed E-state index contributed by atoms with van der Waals surface area (Å²) in [7, 11) is 0. The van der Waals surface area contributed by atoms with Crippen molar-refractivity contribution in [2.75, 3.05) is 5.32 Å². The van der Waals surface area contributed by atoms with Gasteiger partial charge < -0.3 is 10.1 Å². The van der Waals surface area contributed by atoms with Crippen LogP contribution >= 0.6 is 0 Å². The molecule has 1 heterocycles. The molecule has 0 bridgehead atoms. The minimum atomic E-state index is -4.46. The van der Waals surface area contributed by atoms with Gasteiger partial charge in [0.1, 0.15) is 17.6 Å². The second kappa shape index (κ2) is 6.03. The van der Waals surface area contributed by atoms with E-state index in [1.165, 1.54) is 13.8 Å². The summed E-state index contributed by atoms with van der Waals surface area (Å²) in [6, 6.07) is 0.310. The second-order valence-electron chi connectivity index (χ2n) is 4.16. The number of alkyl halides is 5. The molecule has 0 aromatic carbocycles. The zero-order valence-corrected chi connectivity index (χ0v) is 10.2. The molecule has 1 atom stereocenters. The van der Waals surface area contributed by atoms with Crippen molar-refractivity contribution in [1.29, 1.82) is 0 Å². The van der Waals surface area contributed by atoms with Crippen molar-refractivity contribution in [3.63, 3.8) is 0 Å². The number of hydrogen-bond acceptors (Lipinski definition) is 3. The Kier molecular flexibility index (Phi) is 4.90. The zero-order chi connectivity index (χ0) is 14.6. The summed E-state index contributed by atoms with van der Waals surface area (Å²) in [5, 5.41) is 2.17. The van der Waals surface area contributed by atoms with Gasteiger partial charge in [0.05, 0.1) is 0 Å². The van der Waals surface area contributed by atoms with E-state index in [0.717, 1.165) is 18.3 Å². The Morgan fingerprint density at radius 3 is 2.37 bits per heavy atom. The smallest absolute Gasteiger partial charge is 0.408 e. The van der Waals surface area contributed by atoms with Gasteiger partial charge in [0.2, 0.25) is 0 Å². The molecule has 0 saturated carbocycles. The van der Waals surface area contributed by atoms with Crippen LogP contribution in [-0.2, 0) is 0 Å². The van der Waals surface area contributed by atoms with E-state index in [1.54, 1.807) is 0 Å². The molecule has 0 radical (unpaired) electrons. The Morgan fingerprint density at radius 1 is 1.26 bits per heavy atom. The first-order valence-electron chi connectivity index (χ1n) is 5.44. The van der Waals surface area contributed by atoms with Gasteiger partial charge in [-0.25, -0.2) is 4.98 Å². The van der Waals surface area contributed by atoms with Crippen molar-refractivity contribution in [1.82, 2.24) is 4.98 Å². The lowest BCUT2D eigenvalue weighted by Gasteiger charge is -2.25. The molecule has 1 aromatic rings. The Balaban J connectivity index is 2.85. The predicted octanol–water partition coefficient (Wildman–Crippen LogP) is 3.68. The van der Waals surface area contributed by atoms with E-state index in [4.69, 9.17) is 0 Å². The highest BCUT2D eigenvalue weighted by atomic mass is 19.4. The van der Waals surface area contributed by atoms with Crippen molar-refractivity contribution in [3.8, 4) is 5.75 Å². The number of nitrogens with zero attached hydrogens (tertiary/aromatic N) is 1. The monoisotopic (exact) mass is 284 g/mol. The molecular formula is C11H13F5N2O. The highest BCUT2D eigenvalue weighted by Crippen LogP contribution is 2.29. The Labute approximate surface area is 106 Å². The first-order chi connectivity index (χ1) is 8.70. The summed E-state index contributed by atoms with van der Waals surface area (Å²) in [5.41, 5.74) is 0. The summed E-state index contributed by atoms with van der Waals surface area (Å²) in [6.07, 6.45) is -3.37. The van der Waals surface area contributed by atoms with E-state index < -0.39 is 24.7 Å². The standard InChI is InChI=1S/C11H13F5N2O/c1-6(2)9(11(14,15)16)18-8-5-7(3-4-17-8)19-10(12)13/h3-6,9-10H,1-2H3,(H,17,18)/t9-/m1/s1. The molecule has 19 heavy (non-hydrogen) atoms. The molecule has 0 fully saturated rings. The van der Waals surface area contributed by atoms with Crippen LogP contribution in [0.2, 0.25) is 0 Å². The highest BCUT2D eigenvalue weighted by Gasteiger charge is 2.41. The number of hydrogen-bond donors (Lipinski definition) is 1. The lowest BCUT2D eigenvalue weighted by Crippen LogP contribution is -2.40. The maximum absolute atomic E-state index is 12.7. The van der Waals surface area contributed by atoms with E-state index in [1.807, 2.05) is 0 Å². The minimum Gasteiger partial charge on any atom is -0.435 e. The van der Waals surface area contributed by atoms with Gasteiger partial charge in [0, 0.05) is 12.3 Å². The number of aromatic nitrogens is 1. The summed E-state index contributed by atoms with van der Waals surface area (Å²) < 4.78 is 66.2. The number of nitrogens with one attached hydrogen (secondary N) is 1. The van der Waals surface area contributed by atoms with Gasteiger partial charge in [0.25, 0.3) is 0 Å². The third-order valence-corrected chi connectivity index (χ3v) is 2.28. The maximum Gasteiger partial charge on any atom is 0.408 e. The SMILES string of the molecule is CC(C)[C@@H](Nc1cc(OC(F)F)ccn1)C(F)(F)F. The number of rotatable bonds is 5. The van der Waals surface area contributed by atoms with Crippen LogP contribution < -0.4 is 10.1 Å². The Morgan fingerprint density at radius 2 is 1.89 bits per heavy atom. The third kappa shape index (κ3) is 4.88. The molecule has 1 rings (SSSR count). The van der Waals surface area contributed by atoms with Gasteiger partial charge in [-0.05, 0) is 12.0 Å². The van der Waals surface area contributed by atoms with E-state index in [9.17, 15) is 22.0 Å². The molecule has 0 spiro atoms. The normalized spacial score (nSPS) is 13.7. The first kappa shape index (κ1) is 15.5. The third-order valence-electron chi connectivity index (χ3n) is 2.28. The number of ether oxygens (including phenoxy) is 1. The molecule has 0 aliphatic rings. The van der Waals surface area contributed by atoms with Crippen LogP contribution in [0.15, 0.2) is 18.3 Å². The number of anilines is 1. The zero-order valence-electron chi connectivity index (χ0n) is 10.2. The van der Waals surface area contributed by atoms with E-state index in [0.29, 0.717) is 0 Å². The molecule has 108 valence electrons. The van der Waals surface area contributed by atoms with Crippen LogP contribution in [0, 0.1) is 5.92 Å². The average Bonchev–Trinajstić information content (AvgIpc) is 2.23. The van der Waals surface area contributed by atoms with Crippen LogP contribution in [0.25, 0.3) is 0 Å². The second-order valence-corrected chi connectivity index (χ2v) is 4.16. The Hall–Kier alpha value is -1.60. The molecule has 0 aliphatic carbocycles. The van der Waals surface area contributed by atoms with Gasteiger partial charge in [0.15, 0.2) is 0 Å². The fourth-order valence-electron chi connectivity index (χ4n) is 1.45. The van der Waals surface area contributed by atoms with Gasteiger partial charge in [-0.1, -0.05) is 13.8 Å². The molecule has 0 saturated heterocycles. The van der Waals surface area contributed by atoms with Gasteiger partial charge >= 0.3 is 12.8 Å². The number of pyridine rings is 1. The molecule has 0 aliphatic heterocycles. The molecule has 8 heteroatoms. The quantitative estimate of drug-likeness (QED) is 0.837. The number of halogens is 5. The summed E-state index contributed by atoms with van der Waals surface area (Å²) in [5.74, 6) is -1.16. The lowest BCUT2D eigenvalue weighted by molar-refractivity contribution is -0.150. The van der Waals surface area contributed by atoms with Crippen molar-refractivity contribution >= 4 is 5.82 Å².